The van der Waals surface area contributed by atoms with Crippen LogP contribution in [-0.4, -0.2) is 67.6 Å². The summed E-state index contributed by atoms with van der Waals surface area (Å²) in [5.74, 6) is 0.667. The lowest BCUT2D eigenvalue weighted by Gasteiger charge is -2.34. The summed E-state index contributed by atoms with van der Waals surface area (Å²) in [5, 5.41) is 0. The van der Waals surface area contributed by atoms with Gasteiger partial charge in [0, 0.05) is 25.6 Å². The fraction of sp³-hybridized carbons (Fsp3) is 0.619. The molecular weight excluding hydrogens is 358 g/mol. The molecule has 7 heteroatoms. The average molecular weight is 389 g/mol. The van der Waals surface area contributed by atoms with Crippen molar-refractivity contribution in [3.63, 3.8) is 0 Å². The van der Waals surface area contributed by atoms with Crippen LogP contribution in [0.25, 0.3) is 0 Å². The van der Waals surface area contributed by atoms with Gasteiger partial charge in [0.05, 0.1) is 19.8 Å². The number of nitrogens with zero attached hydrogens (tertiary/aromatic N) is 2. The molecule has 2 amide bonds. The van der Waals surface area contributed by atoms with Crippen molar-refractivity contribution >= 4 is 11.8 Å². The fourth-order valence-corrected chi connectivity index (χ4v) is 4.03. The minimum Gasteiger partial charge on any atom is -0.497 e. The molecular formula is C21H31N3O4. The lowest BCUT2D eigenvalue weighted by molar-refractivity contribution is -0.139. The number of hydrogen-bond donors (Lipinski definition) is 1. The Bertz CT molecular complexity index is 650. The van der Waals surface area contributed by atoms with E-state index in [-0.39, 0.29) is 30.4 Å². The van der Waals surface area contributed by atoms with Crippen molar-refractivity contribution in [2.45, 2.75) is 38.3 Å². The van der Waals surface area contributed by atoms with Crippen molar-refractivity contribution in [1.82, 2.24) is 9.80 Å². The molecule has 2 aliphatic heterocycles. The molecule has 1 aromatic rings. The molecule has 2 aliphatic rings. The number of rotatable bonds is 8. The van der Waals surface area contributed by atoms with Gasteiger partial charge in [0.15, 0.2) is 0 Å². The summed E-state index contributed by atoms with van der Waals surface area (Å²) in [5.41, 5.74) is 6.37. The van der Waals surface area contributed by atoms with E-state index in [1.54, 1.807) is 7.11 Å². The molecule has 154 valence electrons. The maximum Gasteiger partial charge on any atom is 0.231 e. The molecule has 0 aliphatic carbocycles. The van der Waals surface area contributed by atoms with Gasteiger partial charge in [0.1, 0.15) is 5.75 Å². The van der Waals surface area contributed by atoms with E-state index in [0.717, 1.165) is 56.7 Å². The van der Waals surface area contributed by atoms with Gasteiger partial charge in [-0.1, -0.05) is 12.1 Å². The lowest BCUT2D eigenvalue weighted by Crippen LogP contribution is -2.46. The molecule has 0 unspecified atom stereocenters. The van der Waals surface area contributed by atoms with Gasteiger partial charge >= 0.3 is 0 Å². The first kappa shape index (κ1) is 20.6. The first-order valence-electron chi connectivity index (χ1n) is 10.1. The van der Waals surface area contributed by atoms with E-state index in [1.165, 1.54) is 0 Å². The van der Waals surface area contributed by atoms with Crippen LogP contribution in [0.3, 0.4) is 0 Å². The van der Waals surface area contributed by atoms with Crippen LogP contribution in [0.4, 0.5) is 0 Å². The Labute approximate surface area is 166 Å². The van der Waals surface area contributed by atoms with Crippen LogP contribution in [0.1, 0.15) is 31.2 Å². The number of ether oxygens (including phenoxy) is 2. The van der Waals surface area contributed by atoms with Crippen LogP contribution < -0.4 is 10.5 Å². The Kier molecular flexibility index (Phi) is 7.28. The van der Waals surface area contributed by atoms with Gasteiger partial charge in [-0.25, -0.2) is 0 Å². The van der Waals surface area contributed by atoms with E-state index in [2.05, 4.69) is 0 Å². The number of nitrogens with two attached hydrogens (primary N) is 1. The minimum atomic E-state index is -0.315. The molecule has 2 saturated heterocycles. The second-order valence-electron chi connectivity index (χ2n) is 7.72. The smallest absolute Gasteiger partial charge is 0.231 e. The van der Waals surface area contributed by atoms with Crippen LogP contribution in [-0.2, 0) is 20.9 Å². The fourth-order valence-electron chi connectivity index (χ4n) is 4.03. The maximum absolute atomic E-state index is 13.3. The van der Waals surface area contributed by atoms with Crippen LogP contribution in [0, 0.1) is 5.92 Å². The zero-order chi connectivity index (χ0) is 19.9. The summed E-state index contributed by atoms with van der Waals surface area (Å²) in [4.78, 5) is 28.4. The molecule has 7 nitrogen and oxygen atoms in total. The molecule has 3 rings (SSSR count). The third-order valence-corrected chi connectivity index (χ3v) is 5.61. The second-order valence-corrected chi connectivity index (χ2v) is 7.72. The molecule has 1 atom stereocenters. The normalized spacial score (nSPS) is 20.8. The molecule has 2 fully saturated rings. The summed E-state index contributed by atoms with van der Waals surface area (Å²) in [7, 11) is 1.65. The van der Waals surface area contributed by atoms with Crippen LogP contribution in [0.15, 0.2) is 24.3 Å². The average Bonchev–Trinajstić information content (AvgIpc) is 3.21. The van der Waals surface area contributed by atoms with Crippen molar-refractivity contribution < 1.29 is 19.1 Å². The van der Waals surface area contributed by atoms with Gasteiger partial charge in [-0.3, -0.25) is 14.5 Å². The minimum absolute atomic E-state index is 0.0104. The van der Waals surface area contributed by atoms with Crippen molar-refractivity contribution in [3.05, 3.63) is 29.8 Å². The first-order chi connectivity index (χ1) is 13.5. The van der Waals surface area contributed by atoms with Crippen molar-refractivity contribution in [2.75, 3.05) is 39.9 Å². The zero-order valence-corrected chi connectivity index (χ0v) is 16.6. The van der Waals surface area contributed by atoms with Crippen LogP contribution >= 0.6 is 0 Å². The number of hydrogen-bond acceptors (Lipinski definition) is 5. The molecule has 0 bridgehead atoms. The Hall–Kier alpha value is -2.12. The Morgan fingerprint density at radius 2 is 1.93 bits per heavy atom. The van der Waals surface area contributed by atoms with Gasteiger partial charge in [-0.15, -0.1) is 0 Å². The van der Waals surface area contributed by atoms with Crippen LogP contribution in [0.5, 0.6) is 5.75 Å². The summed E-state index contributed by atoms with van der Waals surface area (Å²) in [6, 6.07) is 7.85. The number of carbonyl (C=O) groups is 2. The molecule has 0 saturated carbocycles. The largest absolute Gasteiger partial charge is 0.497 e. The van der Waals surface area contributed by atoms with E-state index in [4.69, 9.17) is 15.2 Å². The van der Waals surface area contributed by atoms with E-state index >= 15 is 0 Å². The Morgan fingerprint density at radius 3 is 2.50 bits per heavy atom. The van der Waals surface area contributed by atoms with Gasteiger partial charge in [0.2, 0.25) is 11.8 Å². The number of benzene rings is 1. The van der Waals surface area contributed by atoms with E-state index < -0.39 is 0 Å². The molecule has 0 radical (unpaired) electrons. The topological polar surface area (TPSA) is 85.1 Å². The molecule has 0 aromatic heterocycles. The quantitative estimate of drug-likeness (QED) is 0.726. The Balaban J connectivity index is 1.63. The van der Waals surface area contributed by atoms with Gasteiger partial charge in [-0.2, -0.15) is 0 Å². The van der Waals surface area contributed by atoms with Crippen LogP contribution in [0.2, 0.25) is 0 Å². The monoisotopic (exact) mass is 389 g/mol. The number of piperidine rings is 1. The number of likely N-dealkylation sites (tertiary alicyclic amines) is 1. The zero-order valence-electron chi connectivity index (χ0n) is 16.6. The highest BCUT2D eigenvalue weighted by Gasteiger charge is 2.31. The second kappa shape index (κ2) is 9.89. The number of methoxy groups -OCH3 is 1. The number of amides is 2. The predicted octanol–water partition coefficient (Wildman–Crippen LogP) is 1.40. The summed E-state index contributed by atoms with van der Waals surface area (Å²) >= 11 is 0. The highest BCUT2D eigenvalue weighted by atomic mass is 16.5. The lowest BCUT2D eigenvalue weighted by atomic mass is 9.94. The van der Waals surface area contributed by atoms with E-state index in [1.807, 2.05) is 34.1 Å². The number of primary amides is 1. The van der Waals surface area contributed by atoms with E-state index in [0.29, 0.717) is 13.1 Å². The summed E-state index contributed by atoms with van der Waals surface area (Å²) in [6.45, 7) is 3.72. The molecule has 2 heterocycles. The standard InChI is InChI=1S/C21H31N3O4/c1-27-18-6-4-16(5-7-18)13-24(14-19-3-2-12-28-19)21(26)17-8-10-23(11-9-17)15-20(22)25/h4-7,17,19H,2-3,8-15H2,1H3,(H2,22,25)/t19-/m0/s1. The number of carbonyl (C=O) groups excluding carboxylic acids is 2. The Morgan fingerprint density at radius 1 is 1.21 bits per heavy atom. The van der Waals surface area contributed by atoms with Gasteiger partial charge in [-0.05, 0) is 56.5 Å². The molecule has 2 N–H and O–H groups in total. The van der Waals surface area contributed by atoms with E-state index in [9.17, 15) is 9.59 Å². The SMILES string of the molecule is COc1ccc(CN(C[C@@H]2CCCO2)C(=O)C2CCN(CC(N)=O)CC2)cc1. The highest BCUT2D eigenvalue weighted by molar-refractivity contribution is 5.79. The third kappa shape index (κ3) is 5.69. The summed E-state index contributed by atoms with van der Waals surface area (Å²) < 4.78 is 11.0. The molecule has 28 heavy (non-hydrogen) atoms. The molecule has 1 aromatic carbocycles. The molecule has 0 spiro atoms. The summed E-state index contributed by atoms with van der Waals surface area (Å²) in [6.07, 6.45) is 3.70. The van der Waals surface area contributed by atoms with Crippen molar-refractivity contribution in [2.24, 2.45) is 11.7 Å². The highest BCUT2D eigenvalue weighted by Crippen LogP contribution is 2.23. The maximum atomic E-state index is 13.3. The van der Waals surface area contributed by atoms with Gasteiger partial charge < -0.3 is 20.1 Å². The van der Waals surface area contributed by atoms with Gasteiger partial charge in [0.25, 0.3) is 0 Å². The third-order valence-electron chi connectivity index (χ3n) is 5.61. The first-order valence-corrected chi connectivity index (χ1v) is 10.1. The van der Waals surface area contributed by atoms with Crippen molar-refractivity contribution in [3.8, 4) is 5.75 Å². The predicted molar refractivity (Wildman–Crippen MR) is 106 cm³/mol. The van der Waals surface area contributed by atoms with Crippen molar-refractivity contribution in [1.29, 1.82) is 0 Å².